The van der Waals surface area contributed by atoms with Gasteiger partial charge in [-0.3, -0.25) is 14.6 Å². The Morgan fingerprint density at radius 3 is 2.44 bits per heavy atom. The maximum Gasteiger partial charge on any atom is 0.226 e. The Kier molecular flexibility index (Phi) is 8.57. The number of aliphatic imine (C=N–C) groups is 1. The quantitative estimate of drug-likeness (QED) is 0.470. The number of hydrogen-bond acceptors (Lipinski definition) is 3. The van der Waals surface area contributed by atoms with Crippen molar-refractivity contribution in [3.8, 4) is 0 Å². The van der Waals surface area contributed by atoms with Gasteiger partial charge in [0.15, 0.2) is 5.96 Å². The molecule has 1 fully saturated rings. The standard InChI is InChI=1S/C19H28BrN5O2/c1-21-18(27)13-14-8-11-25(12-9-14)19(22-2)23-10-7-17(26)24-16-5-3-15(20)4-6-16/h3-6,14H,7-13H2,1-2H3,(H,21,27)(H,22,23)(H,24,26). The first-order chi connectivity index (χ1) is 13.0. The number of carbonyl (C=O) groups excluding carboxylic acids is 2. The number of amides is 2. The SMILES string of the molecule is CN=C(NCCC(=O)Nc1ccc(Br)cc1)N1CCC(CC(=O)NC)CC1. The number of piperidine rings is 1. The fourth-order valence-electron chi connectivity index (χ4n) is 3.09. The molecule has 148 valence electrons. The van der Waals surface area contributed by atoms with E-state index in [9.17, 15) is 9.59 Å². The van der Waals surface area contributed by atoms with Crippen LogP contribution < -0.4 is 16.0 Å². The lowest BCUT2D eigenvalue weighted by atomic mass is 9.93. The summed E-state index contributed by atoms with van der Waals surface area (Å²) in [7, 11) is 3.43. The molecule has 0 spiro atoms. The van der Waals surface area contributed by atoms with Crippen LogP contribution in [0.2, 0.25) is 0 Å². The Morgan fingerprint density at radius 2 is 1.85 bits per heavy atom. The smallest absolute Gasteiger partial charge is 0.226 e. The summed E-state index contributed by atoms with van der Waals surface area (Å²) < 4.78 is 0.977. The van der Waals surface area contributed by atoms with Gasteiger partial charge >= 0.3 is 0 Å². The molecule has 1 aromatic carbocycles. The Balaban J connectivity index is 1.70. The maximum atomic E-state index is 12.1. The van der Waals surface area contributed by atoms with Crippen LogP contribution >= 0.6 is 15.9 Å². The molecule has 1 saturated heterocycles. The summed E-state index contributed by atoms with van der Waals surface area (Å²) in [6, 6.07) is 7.50. The highest BCUT2D eigenvalue weighted by molar-refractivity contribution is 9.10. The molecule has 1 aliphatic heterocycles. The molecular weight excluding hydrogens is 410 g/mol. The molecule has 27 heavy (non-hydrogen) atoms. The van der Waals surface area contributed by atoms with Crippen molar-refractivity contribution in [1.82, 2.24) is 15.5 Å². The molecule has 1 heterocycles. The summed E-state index contributed by atoms with van der Waals surface area (Å²) in [6.07, 6.45) is 2.89. The third kappa shape index (κ3) is 7.21. The van der Waals surface area contributed by atoms with Crippen molar-refractivity contribution in [2.45, 2.75) is 25.7 Å². The topological polar surface area (TPSA) is 85.8 Å². The summed E-state index contributed by atoms with van der Waals surface area (Å²) in [6.45, 7) is 2.26. The zero-order chi connectivity index (χ0) is 19.6. The monoisotopic (exact) mass is 437 g/mol. The van der Waals surface area contributed by atoms with Gasteiger partial charge in [-0.05, 0) is 43.0 Å². The van der Waals surface area contributed by atoms with E-state index in [-0.39, 0.29) is 11.8 Å². The lowest BCUT2D eigenvalue weighted by Gasteiger charge is -2.34. The highest BCUT2D eigenvalue weighted by atomic mass is 79.9. The molecule has 3 N–H and O–H groups in total. The number of hydrogen-bond donors (Lipinski definition) is 3. The van der Waals surface area contributed by atoms with Crippen LogP contribution in [0.4, 0.5) is 5.69 Å². The fraction of sp³-hybridized carbons (Fsp3) is 0.526. The summed E-state index contributed by atoms with van der Waals surface area (Å²) in [5.74, 6) is 1.30. The number of guanidine groups is 1. The normalized spacial score (nSPS) is 15.4. The van der Waals surface area contributed by atoms with Crippen molar-refractivity contribution >= 4 is 39.4 Å². The van der Waals surface area contributed by atoms with E-state index in [1.807, 2.05) is 24.3 Å². The fourth-order valence-corrected chi connectivity index (χ4v) is 3.35. The first-order valence-electron chi connectivity index (χ1n) is 9.23. The minimum Gasteiger partial charge on any atom is -0.359 e. The first-order valence-corrected chi connectivity index (χ1v) is 10.0. The number of likely N-dealkylation sites (tertiary alicyclic amines) is 1. The molecule has 1 aromatic rings. The van der Waals surface area contributed by atoms with E-state index in [2.05, 4.69) is 41.8 Å². The Hall–Kier alpha value is -2.09. The van der Waals surface area contributed by atoms with Crippen LogP contribution in [0.3, 0.4) is 0 Å². The average molecular weight is 438 g/mol. The van der Waals surface area contributed by atoms with E-state index in [1.54, 1.807) is 14.1 Å². The minimum atomic E-state index is -0.0374. The van der Waals surface area contributed by atoms with E-state index in [1.165, 1.54) is 0 Å². The predicted molar refractivity (Wildman–Crippen MR) is 112 cm³/mol. The Morgan fingerprint density at radius 1 is 1.19 bits per heavy atom. The second-order valence-corrected chi connectivity index (χ2v) is 7.50. The van der Waals surface area contributed by atoms with Crippen molar-refractivity contribution in [1.29, 1.82) is 0 Å². The van der Waals surface area contributed by atoms with Crippen molar-refractivity contribution in [3.63, 3.8) is 0 Å². The van der Waals surface area contributed by atoms with E-state index in [4.69, 9.17) is 0 Å². The maximum absolute atomic E-state index is 12.1. The largest absolute Gasteiger partial charge is 0.359 e. The van der Waals surface area contributed by atoms with Crippen LogP contribution in [0.25, 0.3) is 0 Å². The average Bonchev–Trinajstić information content (AvgIpc) is 2.68. The molecule has 0 aliphatic carbocycles. The lowest BCUT2D eigenvalue weighted by Crippen LogP contribution is -2.46. The van der Waals surface area contributed by atoms with Crippen molar-refractivity contribution < 1.29 is 9.59 Å². The Labute approximate surface area is 169 Å². The molecule has 7 nitrogen and oxygen atoms in total. The molecule has 2 rings (SSSR count). The Bertz CT molecular complexity index is 655. The van der Waals surface area contributed by atoms with Gasteiger partial charge < -0.3 is 20.9 Å². The van der Waals surface area contributed by atoms with Gasteiger partial charge in [-0.1, -0.05) is 15.9 Å². The number of halogens is 1. The summed E-state index contributed by atoms with van der Waals surface area (Å²) in [5, 5.41) is 8.83. The number of rotatable bonds is 6. The number of nitrogens with one attached hydrogen (secondary N) is 3. The summed E-state index contributed by atoms with van der Waals surface area (Å²) in [4.78, 5) is 30.1. The molecule has 0 aromatic heterocycles. The van der Waals surface area contributed by atoms with Crippen molar-refractivity contribution in [2.75, 3.05) is 39.0 Å². The zero-order valence-corrected chi connectivity index (χ0v) is 17.5. The second kappa shape index (κ2) is 10.9. The van der Waals surface area contributed by atoms with Gasteiger partial charge in [0.1, 0.15) is 0 Å². The van der Waals surface area contributed by atoms with Crippen LogP contribution in [-0.2, 0) is 9.59 Å². The minimum absolute atomic E-state index is 0.0374. The first kappa shape index (κ1) is 21.2. The zero-order valence-electron chi connectivity index (χ0n) is 15.9. The van der Waals surface area contributed by atoms with E-state index in [0.29, 0.717) is 25.3 Å². The number of carbonyl (C=O) groups is 2. The van der Waals surface area contributed by atoms with Crippen LogP contribution in [0.15, 0.2) is 33.7 Å². The van der Waals surface area contributed by atoms with Crippen LogP contribution in [0.1, 0.15) is 25.7 Å². The van der Waals surface area contributed by atoms with Gasteiger partial charge in [-0.2, -0.15) is 0 Å². The lowest BCUT2D eigenvalue weighted by molar-refractivity contribution is -0.121. The van der Waals surface area contributed by atoms with Gasteiger partial charge in [0.2, 0.25) is 11.8 Å². The molecule has 1 aliphatic rings. The number of nitrogens with zero attached hydrogens (tertiary/aromatic N) is 2. The van der Waals surface area contributed by atoms with Gasteiger partial charge in [0.05, 0.1) is 0 Å². The summed E-state index contributed by atoms with van der Waals surface area (Å²) in [5.41, 5.74) is 0.783. The number of anilines is 1. The van der Waals surface area contributed by atoms with Crippen LogP contribution in [0.5, 0.6) is 0 Å². The van der Waals surface area contributed by atoms with Gasteiger partial charge in [-0.25, -0.2) is 0 Å². The van der Waals surface area contributed by atoms with Gasteiger partial charge in [0, 0.05) is 56.7 Å². The molecule has 2 amide bonds. The third-order valence-corrected chi connectivity index (χ3v) is 5.17. The van der Waals surface area contributed by atoms with Gasteiger partial charge in [-0.15, -0.1) is 0 Å². The second-order valence-electron chi connectivity index (χ2n) is 6.59. The van der Waals surface area contributed by atoms with Crippen LogP contribution in [-0.4, -0.2) is 56.4 Å². The number of benzene rings is 1. The molecule has 8 heteroatoms. The van der Waals surface area contributed by atoms with Crippen molar-refractivity contribution in [3.05, 3.63) is 28.7 Å². The molecule has 0 radical (unpaired) electrons. The predicted octanol–water partition coefficient (Wildman–Crippen LogP) is 2.20. The van der Waals surface area contributed by atoms with E-state index in [0.717, 1.165) is 42.1 Å². The van der Waals surface area contributed by atoms with E-state index < -0.39 is 0 Å². The summed E-state index contributed by atoms with van der Waals surface area (Å²) >= 11 is 3.37. The van der Waals surface area contributed by atoms with Crippen molar-refractivity contribution in [2.24, 2.45) is 10.9 Å². The molecule has 0 unspecified atom stereocenters. The molecular formula is C19H28BrN5O2. The molecule has 0 saturated carbocycles. The highest BCUT2D eigenvalue weighted by Gasteiger charge is 2.23. The molecule has 0 bridgehead atoms. The molecule has 0 atom stereocenters. The van der Waals surface area contributed by atoms with Crippen LogP contribution in [0, 0.1) is 5.92 Å². The third-order valence-electron chi connectivity index (χ3n) is 4.64. The van der Waals surface area contributed by atoms with E-state index >= 15 is 0 Å². The van der Waals surface area contributed by atoms with Gasteiger partial charge in [0.25, 0.3) is 0 Å². The highest BCUT2D eigenvalue weighted by Crippen LogP contribution is 2.20.